The van der Waals surface area contributed by atoms with Crippen molar-refractivity contribution in [3.8, 4) is 5.82 Å². The van der Waals surface area contributed by atoms with Gasteiger partial charge in [0.2, 0.25) is 0 Å². The number of pyridine rings is 1. The van der Waals surface area contributed by atoms with E-state index in [2.05, 4.69) is 15.3 Å². The second kappa shape index (κ2) is 6.65. The molecule has 0 aromatic carbocycles. The molecule has 6 nitrogen and oxygen atoms in total. The first-order chi connectivity index (χ1) is 9.31. The average molecular weight is 260 g/mol. The van der Waals surface area contributed by atoms with Gasteiger partial charge in [0.05, 0.1) is 5.56 Å². The highest BCUT2D eigenvalue weighted by Crippen LogP contribution is 2.05. The maximum absolute atomic E-state index is 11.8. The maximum atomic E-state index is 11.8. The maximum Gasteiger partial charge on any atom is 0.252 e. The summed E-state index contributed by atoms with van der Waals surface area (Å²) in [5.74, 6) is 0.606. The monoisotopic (exact) mass is 260 g/mol. The second-order valence-electron chi connectivity index (χ2n) is 3.98. The number of carbonyl (C=O) groups is 1. The third-order valence-electron chi connectivity index (χ3n) is 2.59. The molecule has 100 valence electrons. The zero-order chi connectivity index (χ0) is 13.5. The van der Waals surface area contributed by atoms with Gasteiger partial charge in [-0.05, 0) is 18.6 Å². The number of hydrogen-bond donors (Lipinski definition) is 1. The number of nitrogens with zero attached hydrogens (tertiary/aromatic N) is 3. The highest BCUT2D eigenvalue weighted by Gasteiger charge is 2.05. The van der Waals surface area contributed by atoms with Gasteiger partial charge in [-0.25, -0.2) is 9.97 Å². The molecule has 19 heavy (non-hydrogen) atoms. The van der Waals surface area contributed by atoms with E-state index in [-0.39, 0.29) is 5.91 Å². The Morgan fingerprint density at radius 3 is 3.00 bits per heavy atom. The van der Waals surface area contributed by atoms with Crippen LogP contribution in [0.15, 0.2) is 37.1 Å². The molecule has 0 aliphatic carbocycles. The van der Waals surface area contributed by atoms with E-state index in [1.165, 1.54) is 0 Å². The van der Waals surface area contributed by atoms with Gasteiger partial charge in [0.15, 0.2) is 0 Å². The normalized spacial score (nSPS) is 10.4. The predicted molar refractivity (Wildman–Crippen MR) is 70.2 cm³/mol. The number of aromatic nitrogens is 3. The fourth-order valence-corrected chi connectivity index (χ4v) is 1.59. The summed E-state index contributed by atoms with van der Waals surface area (Å²) in [4.78, 5) is 20.0. The summed E-state index contributed by atoms with van der Waals surface area (Å²) in [5, 5.41) is 2.81. The first-order valence-electron chi connectivity index (χ1n) is 6.03. The van der Waals surface area contributed by atoms with E-state index >= 15 is 0 Å². The number of imidazole rings is 1. The summed E-state index contributed by atoms with van der Waals surface area (Å²) >= 11 is 0. The van der Waals surface area contributed by atoms with Gasteiger partial charge in [-0.2, -0.15) is 0 Å². The summed E-state index contributed by atoms with van der Waals surface area (Å²) in [6.45, 7) is 1.23. The molecule has 0 aliphatic heterocycles. The molecule has 0 saturated carbocycles. The van der Waals surface area contributed by atoms with E-state index in [1.54, 1.807) is 48.7 Å². The van der Waals surface area contributed by atoms with Crippen molar-refractivity contribution in [1.29, 1.82) is 0 Å². The first-order valence-corrected chi connectivity index (χ1v) is 6.03. The molecule has 0 radical (unpaired) electrons. The van der Waals surface area contributed by atoms with Gasteiger partial charge in [0, 0.05) is 38.9 Å². The minimum Gasteiger partial charge on any atom is -0.385 e. The topological polar surface area (TPSA) is 69.0 Å². The van der Waals surface area contributed by atoms with Crippen LogP contribution >= 0.6 is 0 Å². The fourth-order valence-electron chi connectivity index (χ4n) is 1.59. The molecular formula is C13H16N4O2. The number of nitrogens with one attached hydrogen (secondary N) is 1. The first kappa shape index (κ1) is 13.2. The van der Waals surface area contributed by atoms with Crippen LogP contribution in [0, 0.1) is 0 Å². The predicted octanol–water partition coefficient (Wildman–Crippen LogP) is 1.03. The van der Waals surface area contributed by atoms with Gasteiger partial charge >= 0.3 is 0 Å². The van der Waals surface area contributed by atoms with E-state index in [1.807, 2.05) is 0 Å². The molecule has 0 unspecified atom stereocenters. The lowest BCUT2D eigenvalue weighted by Crippen LogP contribution is -2.25. The van der Waals surface area contributed by atoms with Crippen molar-refractivity contribution < 1.29 is 9.53 Å². The smallest absolute Gasteiger partial charge is 0.252 e. The summed E-state index contributed by atoms with van der Waals surface area (Å²) in [6, 6.07) is 3.53. The number of methoxy groups -OCH3 is 1. The van der Waals surface area contributed by atoms with Gasteiger partial charge in [0.1, 0.15) is 12.1 Å². The molecule has 0 saturated heterocycles. The third kappa shape index (κ3) is 3.62. The minimum atomic E-state index is -0.124. The van der Waals surface area contributed by atoms with Gasteiger partial charge in [-0.3, -0.25) is 9.36 Å². The number of hydrogen-bond acceptors (Lipinski definition) is 4. The van der Waals surface area contributed by atoms with Crippen molar-refractivity contribution in [2.75, 3.05) is 20.3 Å². The molecule has 2 aromatic rings. The van der Waals surface area contributed by atoms with Crippen LogP contribution in [0.4, 0.5) is 0 Å². The van der Waals surface area contributed by atoms with Crippen LogP contribution in [-0.4, -0.2) is 40.7 Å². The lowest BCUT2D eigenvalue weighted by atomic mass is 10.2. The van der Waals surface area contributed by atoms with Crippen molar-refractivity contribution in [1.82, 2.24) is 19.9 Å². The highest BCUT2D eigenvalue weighted by molar-refractivity contribution is 5.93. The van der Waals surface area contributed by atoms with Crippen LogP contribution in [0.1, 0.15) is 16.8 Å². The molecular weight excluding hydrogens is 244 g/mol. The van der Waals surface area contributed by atoms with Crippen LogP contribution in [-0.2, 0) is 4.74 Å². The molecule has 0 spiro atoms. The summed E-state index contributed by atoms with van der Waals surface area (Å²) in [7, 11) is 1.64. The Bertz CT molecular complexity index is 508. The third-order valence-corrected chi connectivity index (χ3v) is 2.59. The molecule has 2 rings (SSSR count). The van der Waals surface area contributed by atoms with Crippen molar-refractivity contribution >= 4 is 5.91 Å². The van der Waals surface area contributed by atoms with Gasteiger partial charge in [-0.1, -0.05) is 0 Å². The van der Waals surface area contributed by atoms with Crippen LogP contribution < -0.4 is 5.32 Å². The number of carbonyl (C=O) groups excluding carboxylic acids is 1. The molecule has 0 atom stereocenters. The fraction of sp³-hybridized carbons (Fsp3) is 0.308. The molecule has 1 N–H and O–H groups in total. The van der Waals surface area contributed by atoms with E-state index in [9.17, 15) is 4.79 Å². The molecule has 6 heteroatoms. The Morgan fingerprint density at radius 1 is 1.47 bits per heavy atom. The van der Waals surface area contributed by atoms with E-state index in [0.29, 0.717) is 18.7 Å². The molecule has 0 fully saturated rings. The zero-order valence-corrected chi connectivity index (χ0v) is 10.7. The number of rotatable bonds is 6. The van der Waals surface area contributed by atoms with Crippen molar-refractivity contribution in [3.63, 3.8) is 0 Å². The quantitative estimate of drug-likeness (QED) is 0.788. The number of amides is 1. The van der Waals surface area contributed by atoms with Crippen LogP contribution in [0.25, 0.3) is 5.82 Å². The van der Waals surface area contributed by atoms with Gasteiger partial charge in [0.25, 0.3) is 5.91 Å². The molecule has 2 aromatic heterocycles. The highest BCUT2D eigenvalue weighted by atomic mass is 16.5. The number of ether oxygens (including phenoxy) is 1. The molecule has 2 heterocycles. The Hall–Kier alpha value is -2.21. The average Bonchev–Trinajstić information content (AvgIpc) is 2.98. The van der Waals surface area contributed by atoms with E-state index in [4.69, 9.17) is 4.74 Å². The van der Waals surface area contributed by atoms with Crippen LogP contribution in [0.5, 0.6) is 0 Å². The lowest BCUT2D eigenvalue weighted by Gasteiger charge is -2.05. The summed E-state index contributed by atoms with van der Waals surface area (Å²) in [6.07, 6.45) is 7.49. The Morgan fingerprint density at radius 2 is 2.37 bits per heavy atom. The largest absolute Gasteiger partial charge is 0.385 e. The molecule has 0 aliphatic rings. The van der Waals surface area contributed by atoms with Crippen LogP contribution in [0.3, 0.4) is 0 Å². The summed E-state index contributed by atoms with van der Waals surface area (Å²) < 4.78 is 6.69. The standard InChI is InChI=1S/C13H16N4O2/c1-19-8-2-5-15-13(18)11-3-4-12(16-9-11)17-7-6-14-10-17/h3-4,6-7,9-10H,2,5,8H2,1H3,(H,15,18). The van der Waals surface area contributed by atoms with Crippen molar-refractivity contribution in [2.24, 2.45) is 0 Å². The Labute approximate surface area is 111 Å². The van der Waals surface area contributed by atoms with E-state index < -0.39 is 0 Å². The van der Waals surface area contributed by atoms with Gasteiger partial charge in [-0.15, -0.1) is 0 Å². The minimum absolute atomic E-state index is 0.124. The Balaban J connectivity index is 1.93. The SMILES string of the molecule is COCCCNC(=O)c1ccc(-n2ccnc2)nc1. The molecule has 1 amide bonds. The lowest BCUT2D eigenvalue weighted by molar-refractivity contribution is 0.0948. The molecule has 0 bridgehead atoms. The van der Waals surface area contributed by atoms with Crippen molar-refractivity contribution in [2.45, 2.75) is 6.42 Å². The van der Waals surface area contributed by atoms with Crippen LogP contribution in [0.2, 0.25) is 0 Å². The zero-order valence-electron chi connectivity index (χ0n) is 10.7. The van der Waals surface area contributed by atoms with Crippen molar-refractivity contribution in [3.05, 3.63) is 42.6 Å². The summed E-state index contributed by atoms with van der Waals surface area (Å²) in [5.41, 5.74) is 0.543. The van der Waals surface area contributed by atoms with Gasteiger partial charge < -0.3 is 10.1 Å². The van der Waals surface area contributed by atoms with E-state index in [0.717, 1.165) is 12.2 Å². The Kier molecular flexibility index (Phi) is 4.63. The second-order valence-corrected chi connectivity index (χ2v) is 3.98.